The lowest BCUT2D eigenvalue weighted by Crippen LogP contribution is -2.33. The molecule has 1 aromatic carbocycles. The maximum absolute atomic E-state index is 12.3. The fraction of sp³-hybridized carbons (Fsp3) is 0.429. The van der Waals surface area contributed by atoms with E-state index in [1.807, 2.05) is 0 Å². The monoisotopic (exact) mass is 294 g/mol. The number of benzene rings is 1. The van der Waals surface area contributed by atoms with Crippen molar-refractivity contribution in [2.45, 2.75) is 31.3 Å². The fourth-order valence-electron chi connectivity index (χ4n) is 3.14. The van der Waals surface area contributed by atoms with Crippen molar-refractivity contribution in [1.82, 2.24) is 5.32 Å². The quantitative estimate of drug-likeness (QED) is 0.798. The van der Waals surface area contributed by atoms with Crippen molar-refractivity contribution < 1.29 is 14.7 Å². The number of aromatic carboxylic acids is 1. The van der Waals surface area contributed by atoms with E-state index in [1.165, 1.54) is 12.1 Å². The van der Waals surface area contributed by atoms with Crippen LogP contribution in [0.15, 0.2) is 18.2 Å². The first-order valence-electron chi connectivity index (χ1n) is 6.64. The molecular weight excluding hydrogens is 280 g/mol. The van der Waals surface area contributed by atoms with Crippen LogP contribution in [0.2, 0.25) is 5.02 Å². The Morgan fingerprint density at radius 3 is 2.75 bits per heavy atom. The molecule has 2 aliphatic heterocycles. The molecular formula is C14H15ClN2O3. The summed E-state index contributed by atoms with van der Waals surface area (Å²) in [6.45, 7) is 0. The van der Waals surface area contributed by atoms with Crippen molar-refractivity contribution in [2.24, 2.45) is 5.92 Å². The molecule has 2 fully saturated rings. The molecule has 2 bridgehead atoms. The Morgan fingerprint density at radius 1 is 1.35 bits per heavy atom. The van der Waals surface area contributed by atoms with Crippen LogP contribution in [-0.2, 0) is 4.79 Å². The van der Waals surface area contributed by atoms with Gasteiger partial charge >= 0.3 is 5.97 Å². The first-order valence-corrected chi connectivity index (χ1v) is 7.02. The lowest BCUT2D eigenvalue weighted by molar-refractivity contribution is -0.120. The molecule has 3 atom stereocenters. The molecule has 3 unspecified atom stereocenters. The topological polar surface area (TPSA) is 78.4 Å². The van der Waals surface area contributed by atoms with E-state index < -0.39 is 5.97 Å². The van der Waals surface area contributed by atoms with Gasteiger partial charge in [0, 0.05) is 17.1 Å². The minimum atomic E-state index is -1.10. The number of rotatable bonds is 3. The number of halogens is 1. The summed E-state index contributed by atoms with van der Waals surface area (Å²) in [7, 11) is 0. The van der Waals surface area contributed by atoms with Gasteiger partial charge in [-0.3, -0.25) is 4.79 Å². The largest absolute Gasteiger partial charge is 0.478 e. The van der Waals surface area contributed by atoms with Gasteiger partial charge in [0.1, 0.15) is 0 Å². The molecule has 3 rings (SSSR count). The van der Waals surface area contributed by atoms with Crippen LogP contribution >= 0.6 is 11.6 Å². The van der Waals surface area contributed by atoms with Crippen LogP contribution in [-0.4, -0.2) is 29.1 Å². The third kappa shape index (κ3) is 2.39. The van der Waals surface area contributed by atoms with Crippen LogP contribution in [0.4, 0.5) is 5.69 Å². The first kappa shape index (κ1) is 13.4. The normalized spacial score (nSPS) is 27.6. The second-order valence-electron chi connectivity index (χ2n) is 5.37. The predicted octanol–water partition coefficient (Wildman–Crippen LogP) is 2.12. The van der Waals surface area contributed by atoms with Crippen LogP contribution in [0.3, 0.4) is 0 Å². The smallest absolute Gasteiger partial charge is 0.337 e. The number of carbonyl (C=O) groups is 2. The summed E-state index contributed by atoms with van der Waals surface area (Å²) in [4.78, 5) is 23.5. The van der Waals surface area contributed by atoms with E-state index in [0.717, 1.165) is 19.3 Å². The zero-order valence-corrected chi connectivity index (χ0v) is 11.5. The molecule has 0 aromatic heterocycles. The molecule has 1 aromatic rings. The van der Waals surface area contributed by atoms with Crippen LogP contribution in [0, 0.1) is 5.92 Å². The molecule has 2 aliphatic rings. The number of amides is 1. The van der Waals surface area contributed by atoms with Crippen molar-refractivity contribution in [3.63, 3.8) is 0 Å². The predicted molar refractivity (Wildman–Crippen MR) is 75.1 cm³/mol. The minimum Gasteiger partial charge on any atom is -0.478 e. The maximum atomic E-state index is 12.3. The molecule has 3 N–H and O–H groups in total. The maximum Gasteiger partial charge on any atom is 0.337 e. The SMILES string of the molecule is O=C(O)c1cc(Cl)ccc1NC(=O)C1CC2CCC1N2. The number of carbonyl (C=O) groups excluding carboxylic acids is 1. The Kier molecular flexibility index (Phi) is 3.40. The highest BCUT2D eigenvalue weighted by Gasteiger charge is 2.42. The Hall–Kier alpha value is -1.59. The van der Waals surface area contributed by atoms with E-state index in [9.17, 15) is 9.59 Å². The average molecular weight is 295 g/mol. The number of fused-ring (bicyclic) bond motifs is 2. The van der Waals surface area contributed by atoms with E-state index in [-0.39, 0.29) is 23.4 Å². The average Bonchev–Trinajstić information content (AvgIpc) is 3.03. The van der Waals surface area contributed by atoms with Gasteiger partial charge in [-0.2, -0.15) is 0 Å². The molecule has 106 valence electrons. The van der Waals surface area contributed by atoms with Gasteiger partial charge < -0.3 is 15.7 Å². The molecule has 5 nitrogen and oxygen atoms in total. The van der Waals surface area contributed by atoms with Gasteiger partial charge in [-0.25, -0.2) is 4.79 Å². The summed E-state index contributed by atoms with van der Waals surface area (Å²) in [6.07, 6.45) is 2.96. The highest BCUT2D eigenvalue weighted by Crippen LogP contribution is 2.34. The van der Waals surface area contributed by atoms with E-state index in [4.69, 9.17) is 16.7 Å². The first-order chi connectivity index (χ1) is 9.54. The molecule has 0 radical (unpaired) electrons. The lowest BCUT2D eigenvalue weighted by atomic mass is 9.88. The minimum absolute atomic E-state index is 0.0157. The summed E-state index contributed by atoms with van der Waals surface area (Å²) in [6, 6.07) is 5.10. The fourth-order valence-corrected chi connectivity index (χ4v) is 3.31. The number of carboxylic acid groups (broad SMARTS) is 1. The Morgan fingerprint density at radius 2 is 2.15 bits per heavy atom. The zero-order valence-electron chi connectivity index (χ0n) is 10.7. The van der Waals surface area contributed by atoms with Gasteiger partial charge in [0.15, 0.2) is 0 Å². The van der Waals surface area contributed by atoms with E-state index in [2.05, 4.69) is 10.6 Å². The van der Waals surface area contributed by atoms with Crippen molar-refractivity contribution in [1.29, 1.82) is 0 Å². The van der Waals surface area contributed by atoms with Gasteiger partial charge in [-0.1, -0.05) is 11.6 Å². The van der Waals surface area contributed by atoms with Crippen LogP contribution < -0.4 is 10.6 Å². The van der Waals surface area contributed by atoms with Gasteiger partial charge in [0.25, 0.3) is 0 Å². The third-order valence-electron chi connectivity index (χ3n) is 4.11. The van der Waals surface area contributed by atoms with Crippen molar-refractivity contribution in [3.05, 3.63) is 28.8 Å². The zero-order chi connectivity index (χ0) is 14.3. The van der Waals surface area contributed by atoms with Crippen molar-refractivity contribution >= 4 is 29.2 Å². The highest BCUT2D eigenvalue weighted by molar-refractivity contribution is 6.31. The van der Waals surface area contributed by atoms with Crippen molar-refractivity contribution in [2.75, 3.05) is 5.32 Å². The number of hydrogen-bond acceptors (Lipinski definition) is 3. The van der Waals surface area contributed by atoms with E-state index in [1.54, 1.807) is 6.07 Å². The number of anilines is 1. The van der Waals surface area contributed by atoms with Gasteiger partial charge in [0.05, 0.1) is 17.2 Å². The molecule has 20 heavy (non-hydrogen) atoms. The highest BCUT2D eigenvalue weighted by atomic mass is 35.5. The van der Waals surface area contributed by atoms with Crippen LogP contribution in [0.1, 0.15) is 29.6 Å². The number of hydrogen-bond donors (Lipinski definition) is 3. The second kappa shape index (κ2) is 5.07. The number of nitrogens with one attached hydrogen (secondary N) is 2. The van der Waals surface area contributed by atoms with Crippen LogP contribution in [0.25, 0.3) is 0 Å². The summed E-state index contributed by atoms with van der Waals surface area (Å²) < 4.78 is 0. The molecule has 2 saturated heterocycles. The third-order valence-corrected chi connectivity index (χ3v) is 4.34. The van der Waals surface area contributed by atoms with E-state index >= 15 is 0 Å². The van der Waals surface area contributed by atoms with E-state index in [0.29, 0.717) is 16.8 Å². The Bertz CT molecular complexity index is 576. The Balaban J connectivity index is 1.78. The van der Waals surface area contributed by atoms with Crippen molar-refractivity contribution in [3.8, 4) is 0 Å². The molecule has 6 heteroatoms. The van der Waals surface area contributed by atoms with Crippen LogP contribution in [0.5, 0.6) is 0 Å². The van der Waals surface area contributed by atoms with Gasteiger partial charge in [-0.05, 0) is 37.5 Å². The Labute approximate surface area is 121 Å². The standard InChI is InChI=1S/C14H15ClN2O3/c15-7-1-3-12(10(5-7)14(19)20)17-13(18)9-6-8-2-4-11(9)16-8/h1,3,5,8-9,11,16H,2,4,6H2,(H,17,18)(H,19,20). The molecule has 2 heterocycles. The molecule has 1 amide bonds. The second-order valence-corrected chi connectivity index (χ2v) is 5.81. The van der Waals surface area contributed by atoms with Gasteiger partial charge in [-0.15, -0.1) is 0 Å². The summed E-state index contributed by atoms with van der Waals surface area (Å²) in [5.74, 6) is -1.30. The van der Waals surface area contributed by atoms with Gasteiger partial charge in [0.2, 0.25) is 5.91 Å². The number of carboxylic acids is 1. The summed E-state index contributed by atoms with van der Waals surface area (Å²) in [5, 5.41) is 15.6. The summed E-state index contributed by atoms with van der Waals surface area (Å²) >= 11 is 5.79. The molecule has 0 saturated carbocycles. The lowest BCUT2D eigenvalue weighted by Gasteiger charge is -2.20. The molecule has 0 spiro atoms. The summed E-state index contributed by atoms with van der Waals surface area (Å²) in [5.41, 5.74) is 0.316. The molecule has 0 aliphatic carbocycles.